The summed E-state index contributed by atoms with van der Waals surface area (Å²) in [5, 5.41) is 0. The van der Waals surface area contributed by atoms with Crippen LogP contribution < -0.4 is 4.74 Å². The van der Waals surface area contributed by atoms with Crippen LogP contribution in [0.15, 0.2) is 84.9 Å². The molecule has 3 aromatic rings. The maximum absolute atomic E-state index is 12.9. The van der Waals surface area contributed by atoms with Crippen LogP contribution in [0.2, 0.25) is 0 Å². The van der Waals surface area contributed by atoms with Crippen molar-refractivity contribution in [2.75, 3.05) is 7.11 Å². The van der Waals surface area contributed by atoms with E-state index < -0.39 is 5.92 Å². The van der Waals surface area contributed by atoms with Crippen LogP contribution in [0.3, 0.4) is 0 Å². The average molecular weight is 418 g/mol. The van der Waals surface area contributed by atoms with E-state index >= 15 is 0 Å². The van der Waals surface area contributed by atoms with Crippen LogP contribution >= 0.6 is 0 Å². The standard InChI is InChI=1S/C26H26O5/c1-29-23-14-8-13-22(17-23)24(26(28)31-19-21-11-6-3-7-12-21)15-16-25(27)30-18-20-9-4-2-5-10-20/h2-14,17,24H,15-16,18-19H2,1H3. The highest BCUT2D eigenvalue weighted by atomic mass is 16.5. The Labute approximate surface area is 182 Å². The molecule has 0 aliphatic carbocycles. The first kappa shape index (κ1) is 22.1. The number of hydrogen-bond acceptors (Lipinski definition) is 5. The normalized spacial score (nSPS) is 11.4. The molecule has 3 aromatic carbocycles. The predicted octanol–water partition coefficient (Wildman–Crippen LogP) is 5.05. The molecule has 3 rings (SSSR count). The van der Waals surface area contributed by atoms with Crippen molar-refractivity contribution in [2.45, 2.75) is 32.0 Å². The summed E-state index contributed by atoms with van der Waals surface area (Å²) in [6, 6.07) is 26.2. The summed E-state index contributed by atoms with van der Waals surface area (Å²) in [5.74, 6) is -0.686. The Morgan fingerprint density at radius 1 is 0.774 bits per heavy atom. The van der Waals surface area contributed by atoms with Gasteiger partial charge in [0.15, 0.2) is 0 Å². The van der Waals surface area contributed by atoms with Crippen molar-refractivity contribution in [2.24, 2.45) is 0 Å². The van der Waals surface area contributed by atoms with Gasteiger partial charge in [-0.1, -0.05) is 72.8 Å². The molecule has 0 aliphatic rings. The fourth-order valence-electron chi connectivity index (χ4n) is 3.18. The van der Waals surface area contributed by atoms with Crippen molar-refractivity contribution >= 4 is 11.9 Å². The van der Waals surface area contributed by atoms with Gasteiger partial charge in [-0.25, -0.2) is 0 Å². The number of ether oxygens (including phenoxy) is 3. The van der Waals surface area contributed by atoms with Gasteiger partial charge in [-0.05, 0) is 35.2 Å². The first-order valence-corrected chi connectivity index (χ1v) is 10.2. The number of methoxy groups -OCH3 is 1. The van der Waals surface area contributed by atoms with E-state index in [2.05, 4.69) is 0 Å². The lowest BCUT2D eigenvalue weighted by atomic mass is 9.94. The zero-order chi connectivity index (χ0) is 21.9. The van der Waals surface area contributed by atoms with Gasteiger partial charge in [-0.3, -0.25) is 9.59 Å². The van der Waals surface area contributed by atoms with E-state index in [0.717, 1.165) is 16.7 Å². The molecule has 0 saturated heterocycles. The van der Waals surface area contributed by atoms with Crippen molar-refractivity contribution in [3.8, 4) is 5.75 Å². The summed E-state index contributed by atoms with van der Waals surface area (Å²) >= 11 is 0. The summed E-state index contributed by atoms with van der Waals surface area (Å²) in [6.07, 6.45) is 0.392. The lowest BCUT2D eigenvalue weighted by Crippen LogP contribution is -2.18. The zero-order valence-corrected chi connectivity index (χ0v) is 17.5. The van der Waals surface area contributed by atoms with Gasteiger partial charge in [0.2, 0.25) is 0 Å². The second kappa shape index (κ2) is 11.6. The van der Waals surface area contributed by atoms with Crippen molar-refractivity contribution in [3.63, 3.8) is 0 Å². The molecule has 0 fully saturated rings. The maximum Gasteiger partial charge on any atom is 0.313 e. The van der Waals surface area contributed by atoms with Crippen LogP contribution in [0, 0.1) is 0 Å². The number of benzene rings is 3. The van der Waals surface area contributed by atoms with Crippen LogP contribution in [0.25, 0.3) is 0 Å². The molecule has 0 bridgehead atoms. The van der Waals surface area contributed by atoms with E-state index in [1.165, 1.54) is 0 Å². The van der Waals surface area contributed by atoms with E-state index in [9.17, 15) is 9.59 Å². The van der Waals surface area contributed by atoms with Crippen molar-refractivity contribution in [1.82, 2.24) is 0 Å². The number of hydrogen-bond donors (Lipinski definition) is 0. The monoisotopic (exact) mass is 418 g/mol. The minimum absolute atomic E-state index is 0.106. The number of rotatable bonds is 10. The molecule has 0 aromatic heterocycles. The van der Waals surface area contributed by atoms with E-state index in [1.54, 1.807) is 13.2 Å². The molecule has 1 atom stereocenters. The molecular formula is C26H26O5. The third kappa shape index (κ3) is 7.00. The van der Waals surface area contributed by atoms with E-state index in [0.29, 0.717) is 5.75 Å². The van der Waals surface area contributed by atoms with Crippen LogP contribution in [0.1, 0.15) is 35.4 Å². The van der Waals surface area contributed by atoms with Crippen LogP contribution in [0.5, 0.6) is 5.75 Å². The second-order valence-corrected chi connectivity index (χ2v) is 7.11. The Morgan fingerprint density at radius 2 is 1.39 bits per heavy atom. The van der Waals surface area contributed by atoms with Crippen LogP contribution in [-0.4, -0.2) is 19.0 Å². The van der Waals surface area contributed by atoms with Gasteiger partial charge in [0.05, 0.1) is 13.0 Å². The van der Waals surface area contributed by atoms with Gasteiger partial charge in [0, 0.05) is 6.42 Å². The quantitative estimate of drug-likeness (QED) is 0.432. The lowest BCUT2D eigenvalue weighted by Gasteiger charge is -2.17. The topological polar surface area (TPSA) is 61.8 Å². The summed E-state index contributed by atoms with van der Waals surface area (Å²) in [6.45, 7) is 0.389. The number of esters is 2. The van der Waals surface area contributed by atoms with Gasteiger partial charge in [0.25, 0.3) is 0 Å². The predicted molar refractivity (Wildman–Crippen MR) is 117 cm³/mol. The highest BCUT2D eigenvalue weighted by Crippen LogP contribution is 2.27. The summed E-state index contributed by atoms with van der Waals surface area (Å²) < 4.78 is 16.2. The maximum atomic E-state index is 12.9. The molecule has 160 valence electrons. The Balaban J connectivity index is 1.63. The molecule has 0 heterocycles. The Kier molecular flexibility index (Phi) is 8.23. The van der Waals surface area contributed by atoms with E-state index in [-0.39, 0.29) is 38.0 Å². The van der Waals surface area contributed by atoms with Gasteiger partial charge in [-0.2, -0.15) is 0 Å². The third-order valence-electron chi connectivity index (χ3n) is 4.88. The lowest BCUT2D eigenvalue weighted by molar-refractivity contribution is -0.148. The van der Waals surface area contributed by atoms with Crippen molar-refractivity contribution < 1.29 is 23.8 Å². The van der Waals surface area contributed by atoms with E-state index in [4.69, 9.17) is 14.2 Å². The summed E-state index contributed by atoms with van der Waals surface area (Å²) in [7, 11) is 1.57. The number of carbonyl (C=O) groups is 2. The van der Waals surface area contributed by atoms with Crippen LogP contribution in [-0.2, 0) is 32.3 Å². The fraction of sp³-hybridized carbons (Fsp3) is 0.231. The van der Waals surface area contributed by atoms with Crippen molar-refractivity contribution in [1.29, 1.82) is 0 Å². The zero-order valence-electron chi connectivity index (χ0n) is 17.5. The minimum Gasteiger partial charge on any atom is -0.497 e. The fourth-order valence-corrected chi connectivity index (χ4v) is 3.18. The summed E-state index contributed by atoms with van der Waals surface area (Å²) in [4.78, 5) is 25.2. The molecule has 0 radical (unpaired) electrons. The average Bonchev–Trinajstić information content (AvgIpc) is 2.83. The molecule has 0 amide bonds. The van der Waals surface area contributed by atoms with Gasteiger partial charge < -0.3 is 14.2 Å². The SMILES string of the molecule is COc1cccc(C(CCC(=O)OCc2ccccc2)C(=O)OCc2ccccc2)c1. The number of carbonyl (C=O) groups excluding carboxylic acids is 2. The second-order valence-electron chi connectivity index (χ2n) is 7.11. The molecule has 0 saturated carbocycles. The van der Waals surface area contributed by atoms with Gasteiger partial charge >= 0.3 is 11.9 Å². The molecule has 0 spiro atoms. The van der Waals surface area contributed by atoms with Gasteiger partial charge in [0.1, 0.15) is 19.0 Å². The molecule has 5 heteroatoms. The first-order valence-electron chi connectivity index (χ1n) is 10.2. The molecule has 0 aliphatic heterocycles. The highest BCUT2D eigenvalue weighted by Gasteiger charge is 2.24. The first-order chi connectivity index (χ1) is 15.2. The molecule has 5 nitrogen and oxygen atoms in total. The van der Waals surface area contributed by atoms with Gasteiger partial charge in [-0.15, -0.1) is 0 Å². The third-order valence-corrected chi connectivity index (χ3v) is 4.88. The largest absolute Gasteiger partial charge is 0.497 e. The highest BCUT2D eigenvalue weighted by molar-refractivity contribution is 5.79. The molecule has 0 N–H and O–H groups in total. The Bertz CT molecular complexity index is 969. The smallest absolute Gasteiger partial charge is 0.313 e. The molecular weight excluding hydrogens is 392 g/mol. The van der Waals surface area contributed by atoms with E-state index in [1.807, 2.05) is 78.9 Å². The van der Waals surface area contributed by atoms with Crippen LogP contribution in [0.4, 0.5) is 0 Å². The van der Waals surface area contributed by atoms with Crippen molar-refractivity contribution in [3.05, 3.63) is 102 Å². The minimum atomic E-state index is -0.594. The Morgan fingerprint density at radius 3 is 2.00 bits per heavy atom. The summed E-state index contributed by atoms with van der Waals surface area (Å²) in [5.41, 5.74) is 2.57. The molecule has 1 unspecified atom stereocenters. The Hall–Kier alpha value is -3.60. The molecule has 31 heavy (non-hydrogen) atoms.